The van der Waals surface area contributed by atoms with Gasteiger partial charge in [-0.15, -0.1) is 0 Å². The number of amides is 3. The first-order valence-corrected chi connectivity index (χ1v) is 10.1. The van der Waals surface area contributed by atoms with Crippen molar-refractivity contribution in [1.82, 2.24) is 10.2 Å². The highest BCUT2D eigenvalue weighted by molar-refractivity contribution is 7.99. The Bertz CT molecular complexity index is 835. The Morgan fingerprint density at radius 2 is 1.67 bits per heavy atom. The summed E-state index contributed by atoms with van der Waals surface area (Å²) >= 11 is 7.26. The molecular formula is C20H19ClN2O3S. The van der Waals surface area contributed by atoms with Gasteiger partial charge >= 0.3 is 0 Å². The molecule has 0 spiro atoms. The fourth-order valence-corrected chi connectivity index (χ4v) is 3.73. The minimum Gasteiger partial charge on any atom is -0.349 e. The van der Waals surface area contributed by atoms with E-state index in [1.807, 2.05) is 19.1 Å². The summed E-state index contributed by atoms with van der Waals surface area (Å²) in [5, 5.41) is 3.58. The van der Waals surface area contributed by atoms with Crippen molar-refractivity contribution in [2.45, 2.75) is 13.0 Å². The standard InChI is InChI=1S/C20H19ClN2O3S/c1-13(14-6-8-15(21)9-7-14)22-18(24)12-27-11-10-23-19(25)16-4-2-3-5-17(16)20(23)26/h2-9,13H,10-12H2,1H3,(H,22,24)/t13-/m0/s1. The van der Waals surface area contributed by atoms with Gasteiger partial charge in [-0.25, -0.2) is 0 Å². The molecule has 1 aliphatic rings. The molecule has 0 saturated carbocycles. The van der Waals surface area contributed by atoms with E-state index in [0.29, 0.717) is 21.9 Å². The normalized spacial score (nSPS) is 14.2. The number of benzene rings is 2. The number of imide groups is 1. The van der Waals surface area contributed by atoms with E-state index in [-0.39, 0.29) is 36.1 Å². The lowest BCUT2D eigenvalue weighted by Crippen LogP contribution is -2.32. The van der Waals surface area contributed by atoms with Gasteiger partial charge in [0.25, 0.3) is 11.8 Å². The molecule has 1 N–H and O–H groups in total. The molecule has 2 aromatic rings. The maximum atomic E-state index is 12.3. The van der Waals surface area contributed by atoms with E-state index >= 15 is 0 Å². The van der Waals surface area contributed by atoms with E-state index in [2.05, 4.69) is 5.32 Å². The number of hydrogen-bond acceptors (Lipinski definition) is 4. The zero-order valence-electron chi connectivity index (χ0n) is 14.8. The average molecular weight is 403 g/mol. The molecule has 0 aromatic heterocycles. The van der Waals surface area contributed by atoms with Crippen molar-refractivity contribution in [2.24, 2.45) is 0 Å². The maximum Gasteiger partial charge on any atom is 0.261 e. The van der Waals surface area contributed by atoms with Crippen molar-refractivity contribution in [2.75, 3.05) is 18.1 Å². The molecular weight excluding hydrogens is 384 g/mol. The van der Waals surface area contributed by atoms with E-state index in [1.165, 1.54) is 16.7 Å². The number of thioether (sulfide) groups is 1. The Morgan fingerprint density at radius 1 is 1.07 bits per heavy atom. The number of nitrogens with zero attached hydrogens (tertiary/aromatic N) is 1. The Kier molecular flexibility index (Phi) is 6.19. The molecule has 7 heteroatoms. The molecule has 1 atom stereocenters. The van der Waals surface area contributed by atoms with Gasteiger partial charge in [0.05, 0.1) is 22.9 Å². The van der Waals surface area contributed by atoms with E-state index in [4.69, 9.17) is 11.6 Å². The van der Waals surface area contributed by atoms with Gasteiger partial charge in [-0.05, 0) is 36.8 Å². The van der Waals surface area contributed by atoms with Gasteiger partial charge in [-0.2, -0.15) is 11.8 Å². The van der Waals surface area contributed by atoms with E-state index < -0.39 is 0 Å². The Morgan fingerprint density at radius 3 is 2.26 bits per heavy atom. The van der Waals surface area contributed by atoms with Crippen molar-refractivity contribution in [3.8, 4) is 0 Å². The molecule has 140 valence electrons. The van der Waals surface area contributed by atoms with Gasteiger partial charge in [0, 0.05) is 17.3 Å². The summed E-state index contributed by atoms with van der Waals surface area (Å²) in [7, 11) is 0. The van der Waals surface area contributed by atoms with Crippen molar-refractivity contribution in [1.29, 1.82) is 0 Å². The Labute approximate surface area is 167 Å². The molecule has 0 radical (unpaired) electrons. The zero-order valence-corrected chi connectivity index (χ0v) is 16.3. The SMILES string of the molecule is C[C@H](NC(=O)CSCCN1C(=O)c2ccccc2C1=O)c1ccc(Cl)cc1. The van der Waals surface area contributed by atoms with Crippen molar-refractivity contribution >= 4 is 41.1 Å². The zero-order chi connectivity index (χ0) is 19.4. The summed E-state index contributed by atoms with van der Waals surface area (Å²) in [6.07, 6.45) is 0. The fraction of sp³-hybridized carbons (Fsp3) is 0.250. The number of carbonyl (C=O) groups is 3. The largest absolute Gasteiger partial charge is 0.349 e. The molecule has 0 saturated heterocycles. The van der Waals surface area contributed by atoms with Crippen LogP contribution in [0.1, 0.15) is 39.2 Å². The van der Waals surface area contributed by atoms with Gasteiger partial charge in [0.15, 0.2) is 0 Å². The van der Waals surface area contributed by atoms with E-state index in [1.54, 1.807) is 36.4 Å². The second kappa shape index (κ2) is 8.59. The molecule has 27 heavy (non-hydrogen) atoms. The van der Waals surface area contributed by atoms with Gasteiger partial charge < -0.3 is 5.32 Å². The predicted octanol–water partition coefficient (Wildman–Crippen LogP) is 3.55. The maximum absolute atomic E-state index is 12.3. The third-order valence-electron chi connectivity index (χ3n) is 4.32. The second-order valence-corrected chi connectivity index (χ2v) is 7.74. The molecule has 3 rings (SSSR count). The summed E-state index contributed by atoms with van der Waals surface area (Å²) in [4.78, 5) is 37.9. The number of halogens is 1. The van der Waals surface area contributed by atoms with Crippen LogP contribution in [0.15, 0.2) is 48.5 Å². The minimum atomic E-state index is -0.267. The van der Waals surface area contributed by atoms with Crippen LogP contribution >= 0.6 is 23.4 Å². The Hall–Kier alpha value is -2.31. The first-order valence-electron chi connectivity index (χ1n) is 8.55. The first-order chi connectivity index (χ1) is 13.0. The molecule has 3 amide bonds. The highest BCUT2D eigenvalue weighted by Crippen LogP contribution is 2.22. The van der Waals surface area contributed by atoms with Crippen LogP contribution in [0, 0.1) is 0 Å². The van der Waals surface area contributed by atoms with Gasteiger partial charge in [-0.3, -0.25) is 19.3 Å². The lowest BCUT2D eigenvalue weighted by Gasteiger charge is -2.15. The highest BCUT2D eigenvalue weighted by atomic mass is 35.5. The third-order valence-corrected chi connectivity index (χ3v) is 5.51. The summed E-state index contributed by atoms with van der Waals surface area (Å²) in [6, 6.07) is 14.0. The van der Waals surface area contributed by atoms with Crippen molar-refractivity contribution < 1.29 is 14.4 Å². The first kappa shape index (κ1) is 19.5. The van der Waals surface area contributed by atoms with Crippen molar-refractivity contribution in [3.63, 3.8) is 0 Å². The van der Waals surface area contributed by atoms with Crippen LogP contribution in [0.4, 0.5) is 0 Å². The van der Waals surface area contributed by atoms with Crippen LogP contribution in [0.2, 0.25) is 5.02 Å². The molecule has 1 aliphatic heterocycles. The van der Waals surface area contributed by atoms with Crippen LogP contribution in [-0.2, 0) is 4.79 Å². The van der Waals surface area contributed by atoms with Gasteiger partial charge in [0.2, 0.25) is 5.91 Å². The van der Waals surface area contributed by atoms with E-state index in [9.17, 15) is 14.4 Å². The van der Waals surface area contributed by atoms with Crippen LogP contribution in [0.5, 0.6) is 0 Å². The molecule has 2 aromatic carbocycles. The molecule has 0 aliphatic carbocycles. The molecule has 0 unspecified atom stereocenters. The average Bonchev–Trinajstić information content (AvgIpc) is 2.90. The molecule has 5 nitrogen and oxygen atoms in total. The predicted molar refractivity (Wildman–Crippen MR) is 107 cm³/mol. The summed E-state index contributed by atoms with van der Waals surface area (Å²) in [5.74, 6) is 0.147. The topological polar surface area (TPSA) is 66.5 Å². The molecule has 0 bridgehead atoms. The summed E-state index contributed by atoms with van der Waals surface area (Å²) in [6.45, 7) is 2.20. The van der Waals surface area contributed by atoms with Crippen LogP contribution in [0.3, 0.4) is 0 Å². The molecule has 0 fully saturated rings. The van der Waals surface area contributed by atoms with Gasteiger partial charge in [0.1, 0.15) is 0 Å². The third kappa shape index (κ3) is 4.51. The highest BCUT2D eigenvalue weighted by Gasteiger charge is 2.34. The molecule has 1 heterocycles. The van der Waals surface area contributed by atoms with Crippen molar-refractivity contribution in [3.05, 3.63) is 70.2 Å². The second-order valence-electron chi connectivity index (χ2n) is 6.20. The number of nitrogens with one attached hydrogen (secondary N) is 1. The number of hydrogen-bond donors (Lipinski definition) is 1. The lowest BCUT2D eigenvalue weighted by atomic mass is 10.1. The summed E-state index contributed by atoms with van der Waals surface area (Å²) in [5.41, 5.74) is 1.87. The van der Waals surface area contributed by atoms with Gasteiger partial charge in [-0.1, -0.05) is 35.9 Å². The number of rotatable bonds is 7. The smallest absolute Gasteiger partial charge is 0.261 e. The van der Waals surface area contributed by atoms with E-state index in [0.717, 1.165) is 5.56 Å². The number of carbonyl (C=O) groups excluding carboxylic acids is 3. The Balaban J connectivity index is 1.43. The van der Waals surface area contributed by atoms with Crippen LogP contribution in [-0.4, -0.2) is 40.7 Å². The lowest BCUT2D eigenvalue weighted by molar-refractivity contribution is -0.119. The van der Waals surface area contributed by atoms with Crippen LogP contribution in [0.25, 0.3) is 0 Å². The van der Waals surface area contributed by atoms with Crippen LogP contribution < -0.4 is 5.32 Å². The summed E-state index contributed by atoms with van der Waals surface area (Å²) < 4.78 is 0. The number of fused-ring (bicyclic) bond motifs is 1. The monoisotopic (exact) mass is 402 g/mol. The quantitative estimate of drug-likeness (QED) is 0.568. The fourth-order valence-electron chi connectivity index (χ4n) is 2.88. The minimum absolute atomic E-state index is 0.0928.